The van der Waals surface area contributed by atoms with E-state index >= 15 is 0 Å². The molecule has 1 N–H and O–H groups in total. The Balaban J connectivity index is 1.44. The van der Waals surface area contributed by atoms with Crippen LogP contribution in [0.2, 0.25) is 10.0 Å². The summed E-state index contributed by atoms with van der Waals surface area (Å²) in [5, 5.41) is 3.73. The van der Waals surface area contributed by atoms with Gasteiger partial charge in [-0.25, -0.2) is 0 Å². The Hall–Kier alpha value is -3.48. The minimum absolute atomic E-state index is 0.0813. The van der Waals surface area contributed by atoms with Gasteiger partial charge in [-0.15, -0.1) is 0 Å². The van der Waals surface area contributed by atoms with Crippen molar-refractivity contribution in [1.29, 1.82) is 0 Å². The quantitative estimate of drug-likeness (QED) is 0.362. The first-order chi connectivity index (χ1) is 15.4. The van der Waals surface area contributed by atoms with Gasteiger partial charge in [0.2, 0.25) is 11.2 Å². The van der Waals surface area contributed by atoms with E-state index in [1.54, 1.807) is 42.5 Å². The molecule has 0 saturated carbocycles. The lowest BCUT2D eigenvalue weighted by Gasteiger charge is -2.09. The molecule has 1 aromatic heterocycles. The molecule has 4 rings (SSSR count). The maximum Gasteiger partial charge on any atom is 0.262 e. The summed E-state index contributed by atoms with van der Waals surface area (Å²) in [6, 6.07) is 16.8. The van der Waals surface area contributed by atoms with E-state index in [4.69, 9.17) is 37.1 Å². The van der Waals surface area contributed by atoms with Crippen LogP contribution in [0, 0.1) is 6.92 Å². The number of hydrogen-bond acceptors (Lipinski definition) is 5. The lowest BCUT2D eigenvalue weighted by molar-refractivity contribution is -0.118. The molecule has 162 valence electrons. The minimum atomic E-state index is -0.383. The van der Waals surface area contributed by atoms with Crippen molar-refractivity contribution >= 4 is 45.8 Å². The van der Waals surface area contributed by atoms with Crippen LogP contribution in [0.5, 0.6) is 17.2 Å². The number of aryl methyl sites for hydroxylation is 1. The standard InChI is InChI=1S/C24H17Cl2NO5/c1-14-3-2-4-17(9-14)32-22-12-31-21-11-16(6-7-18(21)24(22)29)30-13-23(28)27-15-5-8-19(25)20(26)10-15/h2-12H,13H2,1H3,(H,27,28). The molecule has 1 heterocycles. The zero-order valence-electron chi connectivity index (χ0n) is 16.9. The van der Waals surface area contributed by atoms with E-state index < -0.39 is 0 Å². The van der Waals surface area contributed by atoms with Crippen molar-refractivity contribution in [3.63, 3.8) is 0 Å². The summed E-state index contributed by atoms with van der Waals surface area (Å²) in [6.45, 7) is 1.69. The fourth-order valence-corrected chi connectivity index (χ4v) is 3.27. The second-order valence-electron chi connectivity index (χ2n) is 6.97. The number of halogens is 2. The van der Waals surface area contributed by atoms with Gasteiger partial charge in [0.05, 0.1) is 15.4 Å². The molecule has 0 spiro atoms. The zero-order valence-corrected chi connectivity index (χ0v) is 18.4. The van der Waals surface area contributed by atoms with Crippen LogP contribution in [0.3, 0.4) is 0 Å². The fraction of sp³-hybridized carbons (Fsp3) is 0.0833. The number of nitrogens with one attached hydrogen (secondary N) is 1. The predicted octanol–water partition coefficient (Wildman–Crippen LogP) is 6.22. The molecule has 0 radical (unpaired) electrons. The Labute approximate surface area is 193 Å². The lowest BCUT2D eigenvalue weighted by atomic mass is 10.2. The molecule has 0 unspecified atom stereocenters. The molecule has 6 nitrogen and oxygen atoms in total. The van der Waals surface area contributed by atoms with Gasteiger partial charge in [0.1, 0.15) is 23.3 Å². The van der Waals surface area contributed by atoms with Crippen molar-refractivity contribution < 1.29 is 18.7 Å². The van der Waals surface area contributed by atoms with Gasteiger partial charge in [-0.05, 0) is 55.0 Å². The monoisotopic (exact) mass is 469 g/mol. The molecule has 0 fully saturated rings. The van der Waals surface area contributed by atoms with Crippen LogP contribution >= 0.6 is 23.2 Å². The van der Waals surface area contributed by atoms with Crippen LogP contribution in [-0.4, -0.2) is 12.5 Å². The van der Waals surface area contributed by atoms with E-state index in [-0.39, 0.29) is 23.7 Å². The average Bonchev–Trinajstić information content (AvgIpc) is 2.77. The van der Waals surface area contributed by atoms with Crippen LogP contribution in [0.15, 0.2) is 76.1 Å². The smallest absolute Gasteiger partial charge is 0.262 e. The van der Waals surface area contributed by atoms with Crippen LogP contribution in [0.25, 0.3) is 11.0 Å². The summed E-state index contributed by atoms with van der Waals surface area (Å²) in [6.07, 6.45) is 1.26. The Kier molecular flexibility index (Phi) is 6.35. The number of carbonyl (C=O) groups excluding carboxylic acids is 1. The molecule has 0 saturated heterocycles. The van der Waals surface area contributed by atoms with Gasteiger partial charge in [-0.2, -0.15) is 0 Å². The van der Waals surface area contributed by atoms with E-state index in [9.17, 15) is 9.59 Å². The first kappa shape index (κ1) is 21.7. The third kappa shape index (κ3) is 5.04. The SMILES string of the molecule is Cc1cccc(Oc2coc3cc(OCC(=O)Nc4ccc(Cl)c(Cl)c4)ccc3c2=O)c1. The first-order valence-corrected chi connectivity index (χ1v) is 10.3. The van der Waals surface area contributed by atoms with Gasteiger partial charge >= 0.3 is 0 Å². The van der Waals surface area contributed by atoms with Gasteiger partial charge in [0.15, 0.2) is 6.61 Å². The Bertz CT molecular complexity index is 1370. The molecule has 1 amide bonds. The number of carbonyl (C=O) groups is 1. The highest BCUT2D eigenvalue weighted by molar-refractivity contribution is 6.42. The summed E-state index contributed by atoms with van der Waals surface area (Å²) in [5.74, 6) is 0.617. The first-order valence-electron chi connectivity index (χ1n) is 9.57. The summed E-state index contributed by atoms with van der Waals surface area (Å²) in [7, 11) is 0. The summed E-state index contributed by atoms with van der Waals surface area (Å²) in [4.78, 5) is 24.9. The average molecular weight is 470 g/mol. The van der Waals surface area contributed by atoms with E-state index in [1.807, 2.05) is 25.1 Å². The molecule has 4 aromatic rings. The summed E-state index contributed by atoms with van der Waals surface area (Å²) in [5.41, 5.74) is 1.52. The van der Waals surface area contributed by atoms with E-state index in [0.717, 1.165) is 5.56 Å². The van der Waals surface area contributed by atoms with Gasteiger partial charge in [-0.1, -0.05) is 35.3 Å². The molecular formula is C24H17Cl2NO5. The number of rotatable bonds is 6. The van der Waals surface area contributed by atoms with Crippen molar-refractivity contribution in [2.75, 3.05) is 11.9 Å². The molecule has 32 heavy (non-hydrogen) atoms. The van der Waals surface area contributed by atoms with Crippen molar-refractivity contribution in [3.05, 3.63) is 92.8 Å². The largest absolute Gasteiger partial charge is 0.484 e. The Morgan fingerprint density at radius 3 is 2.62 bits per heavy atom. The van der Waals surface area contributed by atoms with Crippen molar-refractivity contribution in [2.45, 2.75) is 6.92 Å². The van der Waals surface area contributed by atoms with Gasteiger partial charge in [0.25, 0.3) is 5.91 Å². The topological polar surface area (TPSA) is 77.8 Å². The van der Waals surface area contributed by atoms with Crippen LogP contribution in [-0.2, 0) is 4.79 Å². The highest BCUT2D eigenvalue weighted by Crippen LogP contribution is 2.26. The summed E-state index contributed by atoms with van der Waals surface area (Å²) >= 11 is 11.8. The molecule has 3 aromatic carbocycles. The number of hydrogen-bond donors (Lipinski definition) is 1. The normalized spacial score (nSPS) is 10.7. The maximum atomic E-state index is 12.7. The molecule has 0 aliphatic heterocycles. The second-order valence-corrected chi connectivity index (χ2v) is 7.79. The highest BCUT2D eigenvalue weighted by atomic mass is 35.5. The molecule has 0 aliphatic carbocycles. The molecular weight excluding hydrogens is 453 g/mol. The molecule has 8 heteroatoms. The minimum Gasteiger partial charge on any atom is -0.484 e. The zero-order chi connectivity index (χ0) is 22.7. The number of benzene rings is 3. The number of amides is 1. The number of anilines is 1. The van der Waals surface area contributed by atoms with Crippen molar-refractivity contribution in [3.8, 4) is 17.2 Å². The fourth-order valence-electron chi connectivity index (χ4n) is 2.98. The third-order valence-electron chi connectivity index (χ3n) is 4.51. The third-order valence-corrected chi connectivity index (χ3v) is 5.24. The van der Waals surface area contributed by atoms with Crippen LogP contribution in [0.4, 0.5) is 5.69 Å². The highest BCUT2D eigenvalue weighted by Gasteiger charge is 2.11. The van der Waals surface area contributed by atoms with Crippen molar-refractivity contribution in [2.24, 2.45) is 0 Å². The van der Waals surface area contributed by atoms with Gasteiger partial charge in [-0.3, -0.25) is 9.59 Å². The predicted molar refractivity (Wildman–Crippen MR) is 124 cm³/mol. The van der Waals surface area contributed by atoms with Crippen LogP contribution in [0.1, 0.15) is 5.56 Å². The van der Waals surface area contributed by atoms with E-state index in [1.165, 1.54) is 6.26 Å². The lowest BCUT2D eigenvalue weighted by Crippen LogP contribution is -2.20. The number of ether oxygens (including phenoxy) is 2. The second kappa shape index (κ2) is 9.34. The van der Waals surface area contributed by atoms with Crippen molar-refractivity contribution in [1.82, 2.24) is 0 Å². The molecule has 0 bridgehead atoms. The Morgan fingerprint density at radius 2 is 1.84 bits per heavy atom. The van der Waals surface area contributed by atoms with Gasteiger partial charge < -0.3 is 19.2 Å². The number of fused-ring (bicyclic) bond motifs is 1. The Morgan fingerprint density at radius 1 is 1.00 bits per heavy atom. The van der Waals surface area contributed by atoms with E-state index in [0.29, 0.717) is 38.2 Å². The maximum absolute atomic E-state index is 12.7. The van der Waals surface area contributed by atoms with E-state index in [2.05, 4.69) is 5.32 Å². The molecule has 0 aliphatic rings. The van der Waals surface area contributed by atoms with Crippen LogP contribution < -0.4 is 20.2 Å². The summed E-state index contributed by atoms with van der Waals surface area (Å²) < 4.78 is 16.7. The molecule has 0 atom stereocenters. The van der Waals surface area contributed by atoms with Gasteiger partial charge in [0, 0.05) is 11.8 Å².